The van der Waals surface area contributed by atoms with Gasteiger partial charge in [-0.15, -0.1) is 0 Å². The van der Waals surface area contributed by atoms with Crippen molar-refractivity contribution in [2.24, 2.45) is 7.05 Å². The van der Waals surface area contributed by atoms with Gasteiger partial charge in [0.1, 0.15) is 5.69 Å². The Morgan fingerprint density at radius 3 is 2.79 bits per heavy atom. The first kappa shape index (κ1) is 9.21. The second-order valence-corrected chi connectivity index (χ2v) is 3.59. The Hall–Kier alpha value is -1.36. The predicted molar refractivity (Wildman–Crippen MR) is 53.0 cm³/mol. The van der Waals surface area contributed by atoms with Crippen LogP contribution in [0.1, 0.15) is 16.2 Å². The molecule has 0 amide bonds. The van der Waals surface area contributed by atoms with Crippen molar-refractivity contribution in [3.63, 3.8) is 0 Å². The average molecular weight is 255 g/mol. The molecule has 4 nitrogen and oxygen atoms in total. The molecule has 0 aliphatic carbocycles. The van der Waals surface area contributed by atoms with Gasteiger partial charge in [-0.25, -0.2) is 0 Å². The lowest BCUT2D eigenvalue weighted by molar-refractivity contribution is 0.100. The SMILES string of the molecule is Cn1ccc(C(=O)c2ccc(Br)o2)n1. The van der Waals surface area contributed by atoms with E-state index in [1.807, 2.05) is 0 Å². The maximum Gasteiger partial charge on any atom is 0.248 e. The maximum atomic E-state index is 11.7. The number of rotatable bonds is 2. The molecule has 2 aromatic rings. The van der Waals surface area contributed by atoms with E-state index in [9.17, 15) is 4.79 Å². The summed E-state index contributed by atoms with van der Waals surface area (Å²) in [5, 5.41) is 3.99. The van der Waals surface area contributed by atoms with Crippen molar-refractivity contribution in [1.82, 2.24) is 9.78 Å². The van der Waals surface area contributed by atoms with E-state index in [2.05, 4.69) is 21.0 Å². The second-order valence-electron chi connectivity index (χ2n) is 2.81. The molecular formula is C9H7BrN2O2. The molecule has 0 aliphatic heterocycles. The van der Waals surface area contributed by atoms with Gasteiger partial charge in [0.2, 0.25) is 5.78 Å². The number of aromatic nitrogens is 2. The van der Waals surface area contributed by atoms with Crippen molar-refractivity contribution < 1.29 is 9.21 Å². The molecule has 0 saturated carbocycles. The highest BCUT2D eigenvalue weighted by Crippen LogP contribution is 2.16. The van der Waals surface area contributed by atoms with Crippen molar-refractivity contribution in [3.8, 4) is 0 Å². The van der Waals surface area contributed by atoms with Crippen molar-refractivity contribution >= 4 is 21.7 Å². The molecule has 2 heterocycles. The lowest BCUT2D eigenvalue weighted by atomic mass is 10.2. The van der Waals surface area contributed by atoms with E-state index in [-0.39, 0.29) is 11.5 Å². The standard InChI is InChI=1S/C9H7BrN2O2/c1-12-5-4-6(11-12)9(13)7-2-3-8(10)14-7/h2-5H,1H3. The number of carbonyl (C=O) groups excluding carboxylic acids is 1. The lowest BCUT2D eigenvalue weighted by Gasteiger charge is -1.90. The van der Waals surface area contributed by atoms with Gasteiger partial charge in [-0.1, -0.05) is 0 Å². The summed E-state index contributed by atoms with van der Waals surface area (Å²) in [5.41, 5.74) is 0.384. The quantitative estimate of drug-likeness (QED) is 0.771. The summed E-state index contributed by atoms with van der Waals surface area (Å²) in [4.78, 5) is 11.7. The number of hydrogen-bond acceptors (Lipinski definition) is 3. The van der Waals surface area contributed by atoms with Crippen molar-refractivity contribution in [3.05, 3.63) is 40.5 Å². The van der Waals surface area contributed by atoms with Crippen LogP contribution in [0.5, 0.6) is 0 Å². The molecule has 0 spiro atoms. The van der Waals surface area contributed by atoms with Crippen LogP contribution in [0, 0.1) is 0 Å². The molecular weight excluding hydrogens is 248 g/mol. The summed E-state index contributed by atoms with van der Waals surface area (Å²) < 4.78 is 7.24. The lowest BCUT2D eigenvalue weighted by Crippen LogP contribution is -2.01. The number of furan rings is 1. The Morgan fingerprint density at radius 2 is 2.29 bits per heavy atom. The van der Waals surface area contributed by atoms with Crippen LogP contribution in [0.25, 0.3) is 0 Å². The first-order valence-electron chi connectivity index (χ1n) is 3.96. The minimum atomic E-state index is -0.212. The summed E-state index contributed by atoms with van der Waals surface area (Å²) in [5.74, 6) is 0.0758. The highest BCUT2D eigenvalue weighted by atomic mass is 79.9. The Balaban J connectivity index is 2.33. The molecule has 0 atom stereocenters. The monoisotopic (exact) mass is 254 g/mol. The zero-order valence-corrected chi connectivity index (χ0v) is 8.98. The Bertz CT molecular complexity index is 430. The molecule has 0 aromatic carbocycles. The van der Waals surface area contributed by atoms with Crippen molar-refractivity contribution in [2.75, 3.05) is 0 Å². The van der Waals surface area contributed by atoms with Crippen LogP contribution >= 0.6 is 15.9 Å². The number of ketones is 1. The van der Waals surface area contributed by atoms with Gasteiger partial charge in [-0.2, -0.15) is 5.10 Å². The molecule has 0 fully saturated rings. The first-order chi connectivity index (χ1) is 6.66. The highest BCUT2D eigenvalue weighted by molar-refractivity contribution is 9.10. The van der Waals surface area contributed by atoms with E-state index >= 15 is 0 Å². The van der Waals surface area contributed by atoms with Gasteiger partial charge in [0, 0.05) is 13.2 Å². The fraction of sp³-hybridized carbons (Fsp3) is 0.111. The molecule has 0 N–H and O–H groups in total. The van der Waals surface area contributed by atoms with Gasteiger partial charge in [-0.3, -0.25) is 9.48 Å². The number of hydrogen-bond donors (Lipinski definition) is 0. The smallest absolute Gasteiger partial charge is 0.248 e. The zero-order chi connectivity index (χ0) is 10.1. The van der Waals surface area contributed by atoms with Gasteiger partial charge in [0.05, 0.1) is 0 Å². The Morgan fingerprint density at radius 1 is 1.50 bits per heavy atom. The van der Waals surface area contributed by atoms with Gasteiger partial charge in [-0.05, 0) is 34.1 Å². The molecule has 5 heteroatoms. The van der Waals surface area contributed by atoms with Crippen LogP contribution in [0.4, 0.5) is 0 Å². The average Bonchev–Trinajstić information content (AvgIpc) is 2.73. The van der Waals surface area contributed by atoms with E-state index in [1.165, 1.54) is 0 Å². The van der Waals surface area contributed by atoms with Crippen LogP contribution in [-0.4, -0.2) is 15.6 Å². The molecule has 14 heavy (non-hydrogen) atoms. The van der Waals surface area contributed by atoms with Crippen molar-refractivity contribution in [1.29, 1.82) is 0 Å². The minimum Gasteiger partial charge on any atom is -0.446 e. The summed E-state index contributed by atoms with van der Waals surface area (Å²) in [6.45, 7) is 0. The summed E-state index contributed by atoms with van der Waals surface area (Å²) in [6, 6.07) is 4.94. The third-order valence-electron chi connectivity index (χ3n) is 1.74. The normalized spacial score (nSPS) is 10.4. The molecule has 72 valence electrons. The van der Waals surface area contributed by atoms with Crippen LogP contribution in [0.3, 0.4) is 0 Å². The van der Waals surface area contributed by atoms with Gasteiger partial charge >= 0.3 is 0 Å². The van der Waals surface area contributed by atoms with Gasteiger partial charge in [0.15, 0.2) is 10.4 Å². The fourth-order valence-electron chi connectivity index (χ4n) is 1.10. The Labute approximate surface area is 88.6 Å². The van der Waals surface area contributed by atoms with Crippen LogP contribution < -0.4 is 0 Å². The van der Waals surface area contributed by atoms with E-state index < -0.39 is 0 Å². The fourth-order valence-corrected chi connectivity index (χ4v) is 1.41. The molecule has 2 aromatic heterocycles. The van der Waals surface area contributed by atoms with Crippen LogP contribution in [0.15, 0.2) is 33.5 Å². The largest absolute Gasteiger partial charge is 0.446 e. The number of aryl methyl sites for hydroxylation is 1. The molecule has 0 saturated heterocycles. The van der Waals surface area contributed by atoms with E-state index in [0.717, 1.165) is 0 Å². The maximum absolute atomic E-state index is 11.7. The number of nitrogens with zero attached hydrogens (tertiary/aromatic N) is 2. The molecule has 0 aliphatic rings. The molecule has 2 rings (SSSR count). The number of carbonyl (C=O) groups is 1. The molecule has 0 bridgehead atoms. The predicted octanol–water partition coefficient (Wildman–Crippen LogP) is 2.01. The van der Waals surface area contributed by atoms with Crippen LogP contribution in [0.2, 0.25) is 0 Å². The van der Waals surface area contributed by atoms with E-state index in [1.54, 1.807) is 36.1 Å². The number of halogens is 1. The molecule has 0 radical (unpaired) electrons. The topological polar surface area (TPSA) is 48.0 Å². The highest BCUT2D eigenvalue weighted by Gasteiger charge is 2.15. The third kappa shape index (κ3) is 1.63. The van der Waals surface area contributed by atoms with E-state index in [0.29, 0.717) is 10.4 Å². The second kappa shape index (κ2) is 3.42. The first-order valence-corrected chi connectivity index (χ1v) is 4.76. The Kier molecular flexibility index (Phi) is 2.25. The van der Waals surface area contributed by atoms with Gasteiger partial charge in [0.25, 0.3) is 0 Å². The molecule has 0 unspecified atom stereocenters. The summed E-state index contributed by atoms with van der Waals surface area (Å²) in [7, 11) is 1.76. The van der Waals surface area contributed by atoms with E-state index in [4.69, 9.17) is 4.42 Å². The minimum absolute atomic E-state index is 0.212. The van der Waals surface area contributed by atoms with Gasteiger partial charge < -0.3 is 4.42 Å². The third-order valence-corrected chi connectivity index (χ3v) is 2.17. The van der Waals surface area contributed by atoms with Crippen LogP contribution in [-0.2, 0) is 7.05 Å². The van der Waals surface area contributed by atoms with Crippen molar-refractivity contribution in [2.45, 2.75) is 0 Å². The summed E-state index contributed by atoms with van der Waals surface area (Å²) in [6.07, 6.45) is 1.71. The zero-order valence-electron chi connectivity index (χ0n) is 7.40. The summed E-state index contributed by atoms with van der Waals surface area (Å²) >= 11 is 3.13.